The van der Waals surface area contributed by atoms with Crippen molar-refractivity contribution >= 4 is 17.5 Å². The van der Waals surface area contributed by atoms with E-state index in [-0.39, 0.29) is 24.2 Å². The van der Waals surface area contributed by atoms with Crippen LogP contribution in [0.1, 0.15) is 36.5 Å². The lowest BCUT2D eigenvalue weighted by atomic mass is 10.1. The number of benzene rings is 1. The zero-order valence-corrected chi connectivity index (χ0v) is 16.1. The van der Waals surface area contributed by atoms with Gasteiger partial charge in [-0.2, -0.15) is 0 Å². The zero-order chi connectivity index (χ0) is 19.5. The van der Waals surface area contributed by atoms with Crippen LogP contribution in [0.3, 0.4) is 0 Å². The van der Waals surface area contributed by atoms with Gasteiger partial charge in [-0.1, -0.05) is 12.1 Å². The van der Waals surface area contributed by atoms with Crippen LogP contribution >= 0.6 is 0 Å². The first-order valence-corrected chi connectivity index (χ1v) is 9.92. The molecule has 2 aromatic rings. The Balaban J connectivity index is 1.39. The van der Waals surface area contributed by atoms with Gasteiger partial charge in [0.05, 0.1) is 12.5 Å². The van der Waals surface area contributed by atoms with Crippen LogP contribution in [0.15, 0.2) is 36.5 Å². The number of carbonyl (C=O) groups excluding carboxylic acids is 2. The molecule has 1 aromatic heterocycles. The molecule has 2 heterocycles. The van der Waals surface area contributed by atoms with E-state index in [0.717, 1.165) is 24.1 Å². The molecule has 1 aliphatic carbocycles. The van der Waals surface area contributed by atoms with Crippen molar-refractivity contribution in [3.8, 4) is 5.88 Å². The first-order chi connectivity index (χ1) is 13.7. The molecule has 1 N–H and O–H groups in total. The fraction of sp³-hybridized carbons (Fsp3) is 0.409. The summed E-state index contributed by atoms with van der Waals surface area (Å²) in [5, 5.41) is 2.94. The lowest BCUT2D eigenvalue weighted by Crippen LogP contribution is -2.32. The van der Waals surface area contributed by atoms with Crippen LogP contribution < -0.4 is 15.0 Å². The van der Waals surface area contributed by atoms with Crippen LogP contribution in [0, 0.1) is 5.92 Å². The number of nitrogens with zero attached hydrogens (tertiary/aromatic N) is 2. The molecule has 146 valence electrons. The molecule has 1 fully saturated rings. The van der Waals surface area contributed by atoms with Gasteiger partial charge in [0.25, 0.3) is 0 Å². The minimum absolute atomic E-state index is 0.00878. The maximum absolute atomic E-state index is 12.6. The molecule has 0 bridgehead atoms. The molecule has 4 rings (SSSR count). The largest absolute Gasteiger partial charge is 0.478 e. The van der Waals surface area contributed by atoms with Crippen molar-refractivity contribution in [2.24, 2.45) is 5.92 Å². The quantitative estimate of drug-likeness (QED) is 0.838. The predicted molar refractivity (Wildman–Crippen MR) is 106 cm³/mol. The number of aryl methyl sites for hydroxylation is 2. The van der Waals surface area contributed by atoms with E-state index in [1.807, 2.05) is 25.1 Å². The molecule has 6 heteroatoms. The van der Waals surface area contributed by atoms with Crippen molar-refractivity contribution in [2.45, 2.75) is 39.2 Å². The maximum atomic E-state index is 12.6. The van der Waals surface area contributed by atoms with Gasteiger partial charge in [0.1, 0.15) is 0 Å². The molecular formula is C22H25N3O3. The predicted octanol–water partition coefficient (Wildman–Crippen LogP) is 2.64. The highest BCUT2D eigenvalue weighted by atomic mass is 16.5. The molecule has 28 heavy (non-hydrogen) atoms. The summed E-state index contributed by atoms with van der Waals surface area (Å²) in [5.74, 6) is 0.0957. The van der Waals surface area contributed by atoms with Crippen LogP contribution in [-0.2, 0) is 29.0 Å². The van der Waals surface area contributed by atoms with Gasteiger partial charge in [-0.3, -0.25) is 9.59 Å². The van der Waals surface area contributed by atoms with Crippen LogP contribution in [-0.4, -0.2) is 29.9 Å². The molecule has 0 unspecified atom stereocenters. The van der Waals surface area contributed by atoms with E-state index in [1.54, 1.807) is 11.1 Å². The number of nitrogens with one attached hydrogen (secondary N) is 1. The summed E-state index contributed by atoms with van der Waals surface area (Å²) in [5.41, 5.74) is 4.45. The molecule has 0 spiro atoms. The van der Waals surface area contributed by atoms with Crippen molar-refractivity contribution in [2.75, 3.05) is 18.1 Å². The van der Waals surface area contributed by atoms with Crippen LogP contribution in [0.2, 0.25) is 0 Å². The van der Waals surface area contributed by atoms with E-state index in [2.05, 4.69) is 22.4 Å². The highest BCUT2D eigenvalue weighted by Crippen LogP contribution is 2.30. The minimum atomic E-state index is -0.340. The van der Waals surface area contributed by atoms with Crippen LogP contribution in [0.25, 0.3) is 0 Å². The SMILES string of the molecule is CCOc1ncccc1CNC(=O)[C@H]1CC(=O)N(c2ccc3c(c2)CCC3)C1. The fourth-order valence-corrected chi connectivity index (χ4v) is 4.01. The number of carbonyl (C=O) groups is 2. The van der Waals surface area contributed by atoms with E-state index in [4.69, 9.17) is 4.74 Å². The first kappa shape index (κ1) is 18.5. The fourth-order valence-electron chi connectivity index (χ4n) is 4.01. The Kier molecular flexibility index (Phi) is 5.28. The number of pyridine rings is 1. The molecule has 0 saturated carbocycles. The number of anilines is 1. The lowest BCUT2D eigenvalue weighted by Gasteiger charge is -2.18. The Morgan fingerprint density at radius 3 is 3.00 bits per heavy atom. The number of hydrogen-bond acceptors (Lipinski definition) is 4. The lowest BCUT2D eigenvalue weighted by molar-refractivity contribution is -0.126. The third kappa shape index (κ3) is 3.72. The number of aromatic nitrogens is 1. The average Bonchev–Trinajstić information content (AvgIpc) is 3.33. The van der Waals surface area contributed by atoms with Crippen molar-refractivity contribution < 1.29 is 14.3 Å². The van der Waals surface area contributed by atoms with E-state index >= 15 is 0 Å². The summed E-state index contributed by atoms with van der Waals surface area (Å²) in [4.78, 5) is 31.1. The second kappa shape index (κ2) is 8.00. The molecule has 6 nitrogen and oxygen atoms in total. The maximum Gasteiger partial charge on any atom is 0.227 e. The average molecular weight is 379 g/mol. The van der Waals surface area contributed by atoms with Crippen molar-refractivity contribution in [3.63, 3.8) is 0 Å². The van der Waals surface area contributed by atoms with Gasteiger partial charge in [0, 0.05) is 37.0 Å². The van der Waals surface area contributed by atoms with E-state index in [1.165, 1.54) is 17.5 Å². The van der Waals surface area contributed by atoms with Gasteiger partial charge in [-0.25, -0.2) is 4.98 Å². The summed E-state index contributed by atoms with van der Waals surface area (Å²) in [6.45, 7) is 3.18. The van der Waals surface area contributed by atoms with Gasteiger partial charge >= 0.3 is 0 Å². The monoisotopic (exact) mass is 379 g/mol. The second-order valence-electron chi connectivity index (χ2n) is 7.33. The summed E-state index contributed by atoms with van der Waals surface area (Å²) in [7, 11) is 0. The molecule has 2 aliphatic rings. The normalized spacial score (nSPS) is 18.2. The summed E-state index contributed by atoms with van der Waals surface area (Å²) in [6, 6.07) is 9.94. The van der Waals surface area contributed by atoms with Gasteiger partial charge in [0.2, 0.25) is 17.7 Å². The molecule has 1 atom stereocenters. The standard InChI is InChI=1S/C22H25N3O3/c1-2-28-22-17(7-4-10-23-22)13-24-21(27)18-12-20(26)25(14-18)19-9-8-15-5-3-6-16(15)11-19/h4,7-11,18H,2-3,5-6,12-14H2,1H3,(H,24,27)/t18-/m0/s1. The molecular weight excluding hydrogens is 354 g/mol. The molecule has 1 saturated heterocycles. The molecule has 2 amide bonds. The zero-order valence-electron chi connectivity index (χ0n) is 16.1. The van der Waals surface area contributed by atoms with Gasteiger partial charge in [0.15, 0.2) is 0 Å². The van der Waals surface area contributed by atoms with Crippen LogP contribution in [0.5, 0.6) is 5.88 Å². The van der Waals surface area contributed by atoms with E-state index in [0.29, 0.717) is 25.6 Å². The third-order valence-electron chi connectivity index (χ3n) is 5.47. The Morgan fingerprint density at radius 1 is 1.29 bits per heavy atom. The summed E-state index contributed by atoms with van der Waals surface area (Å²) >= 11 is 0. The number of hydrogen-bond donors (Lipinski definition) is 1. The van der Waals surface area contributed by atoms with Gasteiger partial charge in [-0.15, -0.1) is 0 Å². The summed E-state index contributed by atoms with van der Waals surface area (Å²) in [6.07, 6.45) is 5.28. The Labute approximate surface area is 164 Å². The third-order valence-corrected chi connectivity index (χ3v) is 5.47. The second-order valence-corrected chi connectivity index (χ2v) is 7.33. The van der Waals surface area contributed by atoms with Crippen molar-refractivity contribution in [1.29, 1.82) is 0 Å². The highest BCUT2D eigenvalue weighted by molar-refractivity contribution is 6.00. The Hall–Kier alpha value is -2.89. The number of ether oxygens (including phenoxy) is 1. The van der Waals surface area contributed by atoms with Gasteiger partial charge < -0.3 is 15.0 Å². The smallest absolute Gasteiger partial charge is 0.227 e. The Bertz CT molecular complexity index is 896. The number of fused-ring (bicyclic) bond motifs is 1. The van der Waals surface area contributed by atoms with E-state index < -0.39 is 0 Å². The highest BCUT2D eigenvalue weighted by Gasteiger charge is 2.35. The van der Waals surface area contributed by atoms with Gasteiger partial charge in [-0.05, 0) is 55.5 Å². The number of amides is 2. The van der Waals surface area contributed by atoms with E-state index in [9.17, 15) is 9.59 Å². The minimum Gasteiger partial charge on any atom is -0.478 e. The Morgan fingerprint density at radius 2 is 2.14 bits per heavy atom. The van der Waals surface area contributed by atoms with Crippen LogP contribution in [0.4, 0.5) is 5.69 Å². The molecule has 1 aromatic carbocycles. The topological polar surface area (TPSA) is 71.5 Å². The molecule has 0 radical (unpaired) electrons. The summed E-state index contributed by atoms with van der Waals surface area (Å²) < 4.78 is 5.50. The molecule has 1 aliphatic heterocycles. The number of rotatable bonds is 6. The van der Waals surface area contributed by atoms with Crippen molar-refractivity contribution in [3.05, 3.63) is 53.2 Å². The van der Waals surface area contributed by atoms with Crippen molar-refractivity contribution in [1.82, 2.24) is 10.3 Å². The first-order valence-electron chi connectivity index (χ1n) is 9.92.